The van der Waals surface area contributed by atoms with Crippen LogP contribution in [-0.4, -0.2) is 33.3 Å². The van der Waals surface area contributed by atoms with Crippen molar-refractivity contribution in [3.05, 3.63) is 59.4 Å². The Bertz CT molecular complexity index is 658. The monoisotopic (exact) mass is 342 g/mol. The Morgan fingerprint density at radius 3 is 2.48 bits per heavy atom. The molecule has 0 saturated carbocycles. The average Bonchev–Trinajstić information content (AvgIpc) is 3.00. The van der Waals surface area contributed by atoms with E-state index in [-0.39, 0.29) is 12.1 Å². The molecule has 0 unspecified atom stereocenters. The molecule has 3 nitrogen and oxygen atoms in total. The van der Waals surface area contributed by atoms with Gasteiger partial charge in [-0.3, -0.25) is 4.90 Å². The van der Waals surface area contributed by atoms with Gasteiger partial charge in [-0.15, -0.1) is 0 Å². The predicted octanol–water partition coefficient (Wildman–Crippen LogP) is 4.46. The average molecular weight is 343 g/mol. The quantitative estimate of drug-likeness (QED) is 0.728. The Labute approximate surface area is 153 Å². The molecule has 2 rings (SSSR count). The third-order valence-electron chi connectivity index (χ3n) is 5.10. The smallest absolute Gasteiger partial charge is 0.0610 e. The lowest BCUT2D eigenvalue weighted by Gasteiger charge is -2.38. The van der Waals surface area contributed by atoms with Gasteiger partial charge in [-0.1, -0.05) is 38.1 Å². The maximum atomic E-state index is 9.85. The number of nitrogens with zero attached hydrogens (tertiary/aromatic N) is 2. The molecule has 138 valence electrons. The Balaban J connectivity index is 2.17. The highest BCUT2D eigenvalue weighted by molar-refractivity contribution is 5.26. The molecule has 2 aromatic rings. The van der Waals surface area contributed by atoms with Crippen LogP contribution in [0.3, 0.4) is 0 Å². The third kappa shape index (κ3) is 5.45. The van der Waals surface area contributed by atoms with Crippen molar-refractivity contribution < 1.29 is 5.11 Å². The standard InChI is InChI=1S/C22H34N2O/c1-18(2)12-14-24(22(4,5)17-25)16-21-11-8-13-23(21)15-20-10-7-6-9-19(20)3/h6-11,13,18,25H,12,14-17H2,1-5H3. The van der Waals surface area contributed by atoms with Gasteiger partial charge in [0.15, 0.2) is 0 Å². The highest BCUT2D eigenvalue weighted by Crippen LogP contribution is 2.21. The zero-order chi connectivity index (χ0) is 18.4. The van der Waals surface area contributed by atoms with Crippen molar-refractivity contribution in [2.45, 2.75) is 59.7 Å². The van der Waals surface area contributed by atoms with Crippen LogP contribution in [0, 0.1) is 12.8 Å². The van der Waals surface area contributed by atoms with Crippen LogP contribution < -0.4 is 0 Å². The van der Waals surface area contributed by atoms with Gasteiger partial charge in [0.05, 0.1) is 6.61 Å². The van der Waals surface area contributed by atoms with E-state index >= 15 is 0 Å². The van der Waals surface area contributed by atoms with E-state index < -0.39 is 0 Å². The SMILES string of the molecule is Cc1ccccc1Cn1cccc1CN(CCC(C)C)C(C)(C)CO. The molecular weight excluding hydrogens is 308 g/mol. The Morgan fingerprint density at radius 1 is 1.12 bits per heavy atom. The first-order chi connectivity index (χ1) is 11.8. The molecule has 1 N–H and O–H groups in total. The van der Waals surface area contributed by atoms with Crippen LogP contribution in [0.5, 0.6) is 0 Å². The molecule has 0 spiro atoms. The fourth-order valence-corrected chi connectivity index (χ4v) is 3.02. The second-order valence-electron chi connectivity index (χ2n) is 8.13. The first-order valence-corrected chi connectivity index (χ1v) is 9.38. The van der Waals surface area contributed by atoms with E-state index in [1.54, 1.807) is 0 Å². The van der Waals surface area contributed by atoms with Crippen LogP contribution in [0.25, 0.3) is 0 Å². The molecule has 1 aromatic carbocycles. The molecule has 0 saturated heterocycles. The van der Waals surface area contributed by atoms with Gasteiger partial charge in [-0.05, 0) is 62.9 Å². The molecule has 1 heterocycles. The highest BCUT2D eigenvalue weighted by atomic mass is 16.3. The van der Waals surface area contributed by atoms with Gasteiger partial charge in [0.1, 0.15) is 0 Å². The molecule has 0 fully saturated rings. The summed E-state index contributed by atoms with van der Waals surface area (Å²) in [6, 6.07) is 12.9. The van der Waals surface area contributed by atoms with E-state index in [9.17, 15) is 5.11 Å². The van der Waals surface area contributed by atoms with Gasteiger partial charge in [-0.25, -0.2) is 0 Å². The Hall–Kier alpha value is -1.58. The topological polar surface area (TPSA) is 28.4 Å². The third-order valence-corrected chi connectivity index (χ3v) is 5.10. The number of aliphatic hydroxyl groups excluding tert-OH is 1. The van der Waals surface area contributed by atoms with E-state index in [2.05, 4.69) is 86.7 Å². The van der Waals surface area contributed by atoms with Crippen LogP contribution in [0.1, 0.15) is 50.9 Å². The summed E-state index contributed by atoms with van der Waals surface area (Å²) in [4.78, 5) is 2.41. The van der Waals surface area contributed by atoms with Crippen molar-refractivity contribution in [3.8, 4) is 0 Å². The molecule has 0 amide bonds. The Morgan fingerprint density at radius 2 is 1.84 bits per heavy atom. The van der Waals surface area contributed by atoms with Crippen molar-refractivity contribution in [3.63, 3.8) is 0 Å². The maximum Gasteiger partial charge on any atom is 0.0610 e. The van der Waals surface area contributed by atoms with Crippen molar-refractivity contribution in [1.29, 1.82) is 0 Å². The zero-order valence-electron chi connectivity index (χ0n) is 16.5. The van der Waals surface area contributed by atoms with E-state index in [0.717, 1.165) is 26.1 Å². The molecule has 0 aliphatic heterocycles. The lowest BCUT2D eigenvalue weighted by Crippen LogP contribution is -2.47. The van der Waals surface area contributed by atoms with Gasteiger partial charge >= 0.3 is 0 Å². The molecule has 1 aromatic heterocycles. The minimum atomic E-state index is -0.216. The van der Waals surface area contributed by atoms with E-state index in [0.29, 0.717) is 5.92 Å². The van der Waals surface area contributed by atoms with Gasteiger partial charge < -0.3 is 9.67 Å². The Kier molecular flexibility index (Phi) is 6.86. The van der Waals surface area contributed by atoms with E-state index in [1.807, 2.05) is 0 Å². The summed E-state index contributed by atoms with van der Waals surface area (Å²) >= 11 is 0. The predicted molar refractivity (Wildman–Crippen MR) is 106 cm³/mol. The lowest BCUT2D eigenvalue weighted by molar-refractivity contribution is 0.0453. The molecule has 0 radical (unpaired) electrons. The van der Waals surface area contributed by atoms with Gasteiger partial charge in [-0.2, -0.15) is 0 Å². The summed E-state index contributed by atoms with van der Waals surface area (Å²) in [7, 11) is 0. The fourth-order valence-electron chi connectivity index (χ4n) is 3.02. The summed E-state index contributed by atoms with van der Waals surface area (Å²) in [6.45, 7) is 13.9. The van der Waals surface area contributed by atoms with Crippen LogP contribution in [-0.2, 0) is 13.1 Å². The number of benzene rings is 1. The largest absolute Gasteiger partial charge is 0.394 e. The van der Waals surface area contributed by atoms with Crippen molar-refractivity contribution in [2.24, 2.45) is 5.92 Å². The zero-order valence-corrected chi connectivity index (χ0v) is 16.5. The number of hydrogen-bond acceptors (Lipinski definition) is 2. The van der Waals surface area contributed by atoms with Gasteiger partial charge in [0.25, 0.3) is 0 Å². The number of aryl methyl sites for hydroxylation is 1. The second-order valence-corrected chi connectivity index (χ2v) is 8.13. The van der Waals surface area contributed by atoms with Crippen molar-refractivity contribution in [2.75, 3.05) is 13.2 Å². The first-order valence-electron chi connectivity index (χ1n) is 9.38. The molecule has 25 heavy (non-hydrogen) atoms. The minimum Gasteiger partial charge on any atom is -0.394 e. The van der Waals surface area contributed by atoms with Crippen molar-refractivity contribution >= 4 is 0 Å². The second kappa shape index (κ2) is 8.68. The van der Waals surface area contributed by atoms with Crippen LogP contribution in [0.15, 0.2) is 42.6 Å². The highest BCUT2D eigenvalue weighted by Gasteiger charge is 2.26. The summed E-state index contributed by atoms with van der Waals surface area (Å²) in [6.07, 6.45) is 3.30. The number of aliphatic hydroxyl groups is 1. The van der Waals surface area contributed by atoms with E-state index in [4.69, 9.17) is 0 Å². The molecule has 0 aliphatic rings. The summed E-state index contributed by atoms with van der Waals surface area (Å²) in [5, 5.41) is 9.85. The van der Waals surface area contributed by atoms with Gasteiger partial charge in [0, 0.05) is 30.5 Å². The van der Waals surface area contributed by atoms with E-state index in [1.165, 1.54) is 16.8 Å². The number of rotatable bonds is 9. The normalized spacial score (nSPS) is 12.3. The maximum absolute atomic E-state index is 9.85. The molecular formula is C22H34N2O. The molecule has 0 atom stereocenters. The number of hydrogen-bond donors (Lipinski definition) is 1. The van der Waals surface area contributed by atoms with Gasteiger partial charge in [0.2, 0.25) is 0 Å². The molecule has 0 bridgehead atoms. The van der Waals surface area contributed by atoms with Crippen molar-refractivity contribution in [1.82, 2.24) is 9.47 Å². The molecule has 3 heteroatoms. The van der Waals surface area contributed by atoms with Crippen LogP contribution in [0.2, 0.25) is 0 Å². The summed E-state index contributed by atoms with van der Waals surface area (Å²) in [5.74, 6) is 0.663. The minimum absolute atomic E-state index is 0.170. The number of aromatic nitrogens is 1. The lowest BCUT2D eigenvalue weighted by atomic mass is 10.0. The summed E-state index contributed by atoms with van der Waals surface area (Å²) in [5.41, 5.74) is 3.77. The summed E-state index contributed by atoms with van der Waals surface area (Å²) < 4.78 is 2.33. The van der Waals surface area contributed by atoms with Crippen LogP contribution in [0.4, 0.5) is 0 Å². The van der Waals surface area contributed by atoms with Crippen LogP contribution >= 0.6 is 0 Å². The first kappa shape index (κ1) is 19.7. The molecule has 0 aliphatic carbocycles. The fraction of sp³-hybridized carbons (Fsp3) is 0.545.